The summed E-state index contributed by atoms with van der Waals surface area (Å²) in [4.78, 5) is 0. The van der Waals surface area contributed by atoms with Crippen molar-refractivity contribution in [1.82, 2.24) is 5.32 Å². The van der Waals surface area contributed by atoms with E-state index in [1.54, 1.807) is 13.2 Å². The molecule has 20 heavy (non-hydrogen) atoms. The van der Waals surface area contributed by atoms with Crippen LogP contribution in [-0.4, -0.2) is 26.9 Å². The van der Waals surface area contributed by atoms with Crippen molar-refractivity contribution in [2.45, 2.75) is 32.2 Å². The van der Waals surface area contributed by atoms with Gasteiger partial charge in [-0.25, -0.2) is 4.39 Å². The Labute approximate surface area is 120 Å². The van der Waals surface area contributed by atoms with Crippen molar-refractivity contribution in [1.29, 1.82) is 0 Å². The van der Waals surface area contributed by atoms with Gasteiger partial charge in [0.15, 0.2) is 0 Å². The van der Waals surface area contributed by atoms with Crippen molar-refractivity contribution >= 4 is 0 Å². The predicted octanol–water partition coefficient (Wildman–Crippen LogP) is 3.30. The molecule has 1 fully saturated rings. The molecule has 0 bridgehead atoms. The molecule has 1 aromatic rings. The van der Waals surface area contributed by atoms with E-state index in [1.165, 1.54) is 6.07 Å². The van der Waals surface area contributed by atoms with E-state index in [2.05, 4.69) is 12.2 Å². The van der Waals surface area contributed by atoms with Crippen LogP contribution in [0, 0.1) is 11.7 Å². The quantitative estimate of drug-likeness (QED) is 0.868. The van der Waals surface area contributed by atoms with Crippen molar-refractivity contribution < 1.29 is 13.9 Å². The first-order valence-corrected chi connectivity index (χ1v) is 7.41. The van der Waals surface area contributed by atoms with E-state index in [4.69, 9.17) is 9.47 Å². The van der Waals surface area contributed by atoms with Gasteiger partial charge in [0, 0.05) is 24.8 Å². The summed E-state index contributed by atoms with van der Waals surface area (Å²) in [7, 11) is 1.60. The van der Waals surface area contributed by atoms with Crippen molar-refractivity contribution in [3.8, 4) is 5.75 Å². The molecule has 1 aliphatic heterocycles. The van der Waals surface area contributed by atoms with Crippen LogP contribution in [0.2, 0.25) is 0 Å². The summed E-state index contributed by atoms with van der Waals surface area (Å²) in [6.07, 6.45) is 2.94. The van der Waals surface area contributed by atoms with Gasteiger partial charge in [0.2, 0.25) is 0 Å². The van der Waals surface area contributed by atoms with Gasteiger partial charge in [0.05, 0.1) is 7.11 Å². The number of hydrogen-bond donors (Lipinski definition) is 1. The van der Waals surface area contributed by atoms with Gasteiger partial charge in [-0.15, -0.1) is 0 Å². The van der Waals surface area contributed by atoms with Crippen molar-refractivity contribution in [3.63, 3.8) is 0 Å². The van der Waals surface area contributed by atoms with Gasteiger partial charge in [-0.1, -0.05) is 13.0 Å². The first kappa shape index (κ1) is 15.3. The fraction of sp³-hybridized carbons (Fsp3) is 0.625. The SMILES string of the molecule is CCCNC(c1c(F)cccc1OC)C1CCOCC1. The van der Waals surface area contributed by atoms with Gasteiger partial charge in [-0.05, 0) is 43.9 Å². The summed E-state index contributed by atoms with van der Waals surface area (Å²) in [5, 5.41) is 3.50. The van der Waals surface area contributed by atoms with Crippen LogP contribution in [-0.2, 0) is 4.74 Å². The van der Waals surface area contributed by atoms with Crippen LogP contribution in [0.1, 0.15) is 37.8 Å². The molecule has 0 spiro atoms. The number of benzene rings is 1. The van der Waals surface area contributed by atoms with E-state index in [9.17, 15) is 4.39 Å². The molecule has 0 saturated carbocycles. The third kappa shape index (κ3) is 3.49. The monoisotopic (exact) mass is 281 g/mol. The molecule has 1 unspecified atom stereocenters. The van der Waals surface area contributed by atoms with Crippen LogP contribution in [0.3, 0.4) is 0 Å². The fourth-order valence-corrected chi connectivity index (χ4v) is 2.85. The van der Waals surface area contributed by atoms with Gasteiger partial charge in [0.1, 0.15) is 11.6 Å². The zero-order valence-corrected chi connectivity index (χ0v) is 12.3. The van der Waals surface area contributed by atoms with Crippen LogP contribution in [0.15, 0.2) is 18.2 Å². The topological polar surface area (TPSA) is 30.5 Å². The third-order valence-corrected chi connectivity index (χ3v) is 3.90. The molecule has 2 rings (SSSR count). The fourth-order valence-electron chi connectivity index (χ4n) is 2.85. The highest BCUT2D eigenvalue weighted by atomic mass is 19.1. The average Bonchev–Trinajstić information content (AvgIpc) is 2.50. The second kappa shape index (κ2) is 7.60. The number of ether oxygens (including phenoxy) is 2. The molecule has 1 saturated heterocycles. The Hall–Kier alpha value is -1.13. The molecule has 0 aromatic heterocycles. The van der Waals surface area contributed by atoms with E-state index in [1.807, 2.05) is 6.07 Å². The van der Waals surface area contributed by atoms with Gasteiger partial charge in [-0.2, -0.15) is 0 Å². The molecule has 3 nitrogen and oxygen atoms in total. The number of methoxy groups -OCH3 is 1. The smallest absolute Gasteiger partial charge is 0.131 e. The maximum atomic E-state index is 14.3. The van der Waals surface area contributed by atoms with Crippen LogP contribution in [0.5, 0.6) is 5.75 Å². The number of nitrogens with one attached hydrogen (secondary N) is 1. The van der Waals surface area contributed by atoms with E-state index >= 15 is 0 Å². The van der Waals surface area contributed by atoms with Crippen LogP contribution >= 0.6 is 0 Å². The molecule has 4 heteroatoms. The highest BCUT2D eigenvalue weighted by molar-refractivity contribution is 5.37. The summed E-state index contributed by atoms with van der Waals surface area (Å²) in [6.45, 7) is 4.50. The Kier molecular flexibility index (Phi) is 5.80. The molecule has 1 aliphatic rings. The minimum Gasteiger partial charge on any atom is -0.496 e. The lowest BCUT2D eigenvalue weighted by Crippen LogP contribution is -2.33. The second-order valence-electron chi connectivity index (χ2n) is 5.24. The standard InChI is InChI=1S/C16H24FNO2/c1-3-9-18-16(12-7-10-20-11-8-12)15-13(17)5-4-6-14(15)19-2/h4-6,12,16,18H,3,7-11H2,1-2H3. The van der Waals surface area contributed by atoms with Crippen molar-refractivity contribution in [2.24, 2.45) is 5.92 Å². The summed E-state index contributed by atoms with van der Waals surface area (Å²) in [5.41, 5.74) is 0.662. The molecule has 1 atom stereocenters. The van der Waals surface area contributed by atoms with Gasteiger partial charge < -0.3 is 14.8 Å². The molecule has 1 N–H and O–H groups in total. The van der Waals surface area contributed by atoms with Gasteiger partial charge in [0.25, 0.3) is 0 Å². The second-order valence-corrected chi connectivity index (χ2v) is 5.24. The zero-order chi connectivity index (χ0) is 14.4. The minimum absolute atomic E-state index is 0.00463. The Morgan fingerprint density at radius 1 is 1.40 bits per heavy atom. The lowest BCUT2D eigenvalue weighted by molar-refractivity contribution is 0.0528. The Bertz CT molecular complexity index is 419. The lowest BCUT2D eigenvalue weighted by Gasteiger charge is -2.32. The van der Waals surface area contributed by atoms with E-state index < -0.39 is 0 Å². The summed E-state index contributed by atoms with van der Waals surface area (Å²) in [5.74, 6) is 0.829. The maximum Gasteiger partial charge on any atom is 0.131 e. The Morgan fingerprint density at radius 2 is 2.15 bits per heavy atom. The zero-order valence-electron chi connectivity index (χ0n) is 12.3. The van der Waals surface area contributed by atoms with Gasteiger partial charge in [-0.3, -0.25) is 0 Å². The molecule has 1 aromatic carbocycles. The van der Waals surface area contributed by atoms with Crippen molar-refractivity contribution in [3.05, 3.63) is 29.6 Å². The van der Waals surface area contributed by atoms with E-state index in [0.717, 1.165) is 39.0 Å². The third-order valence-electron chi connectivity index (χ3n) is 3.90. The predicted molar refractivity (Wildman–Crippen MR) is 77.5 cm³/mol. The summed E-state index contributed by atoms with van der Waals surface area (Å²) in [6, 6.07) is 5.03. The largest absolute Gasteiger partial charge is 0.496 e. The summed E-state index contributed by atoms with van der Waals surface area (Å²) < 4.78 is 25.1. The average molecular weight is 281 g/mol. The molecule has 0 radical (unpaired) electrons. The number of halogens is 1. The number of rotatable bonds is 6. The highest BCUT2D eigenvalue weighted by Gasteiger charge is 2.29. The molecular formula is C16H24FNO2. The van der Waals surface area contributed by atoms with Crippen LogP contribution in [0.25, 0.3) is 0 Å². The number of hydrogen-bond acceptors (Lipinski definition) is 3. The minimum atomic E-state index is -0.190. The van der Waals surface area contributed by atoms with Gasteiger partial charge >= 0.3 is 0 Å². The maximum absolute atomic E-state index is 14.3. The molecular weight excluding hydrogens is 257 g/mol. The molecule has 0 aliphatic carbocycles. The van der Waals surface area contributed by atoms with Crippen molar-refractivity contribution in [2.75, 3.05) is 26.9 Å². The highest BCUT2D eigenvalue weighted by Crippen LogP contribution is 2.36. The first-order valence-electron chi connectivity index (χ1n) is 7.41. The normalized spacial score (nSPS) is 17.9. The molecule has 0 amide bonds. The molecule has 1 heterocycles. The first-order chi connectivity index (χ1) is 9.77. The van der Waals surface area contributed by atoms with E-state index in [0.29, 0.717) is 17.2 Å². The van der Waals surface area contributed by atoms with E-state index in [-0.39, 0.29) is 11.9 Å². The van der Waals surface area contributed by atoms with Crippen LogP contribution in [0.4, 0.5) is 4.39 Å². The van der Waals surface area contributed by atoms with Crippen LogP contribution < -0.4 is 10.1 Å². The molecule has 112 valence electrons. The lowest BCUT2D eigenvalue weighted by atomic mass is 9.86. The Balaban J connectivity index is 2.29. The Morgan fingerprint density at radius 3 is 2.80 bits per heavy atom. The summed E-state index contributed by atoms with van der Waals surface area (Å²) >= 11 is 0.